The average Bonchev–Trinajstić information content (AvgIpc) is 2.88. The number of ether oxygens (including phenoxy) is 1. The van der Waals surface area contributed by atoms with Gasteiger partial charge in [0.25, 0.3) is 5.91 Å². The predicted molar refractivity (Wildman–Crippen MR) is 151 cm³/mol. The van der Waals surface area contributed by atoms with Crippen LogP contribution >= 0.6 is 0 Å². The van der Waals surface area contributed by atoms with Crippen LogP contribution in [0.3, 0.4) is 0 Å². The first-order chi connectivity index (χ1) is 18.0. The molecule has 0 aliphatic rings. The Kier molecular flexibility index (Phi) is 8.14. The van der Waals surface area contributed by atoms with Gasteiger partial charge in [-0.3, -0.25) is 4.79 Å². The molecule has 0 bridgehead atoms. The van der Waals surface area contributed by atoms with E-state index in [9.17, 15) is 13.2 Å². The Morgan fingerprint density at radius 2 is 1.74 bits per heavy atom. The Morgan fingerprint density at radius 1 is 1.03 bits per heavy atom. The van der Waals surface area contributed by atoms with Gasteiger partial charge in [-0.1, -0.05) is 36.4 Å². The van der Waals surface area contributed by atoms with Crippen molar-refractivity contribution in [1.82, 2.24) is 15.2 Å². The first-order valence-corrected chi connectivity index (χ1v) is 14.3. The number of hydrogen-bond acceptors (Lipinski definition) is 6. The van der Waals surface area contributed by atoms with Crippen molar-refractivity contribution in [1.29, 1.82) is 0 Å². The zero-order valence-corrected chi connectivity index (χ0v) is 23.2. The standard InChI is InChI=1S/C30H33N3O4S/c1-20-10-13-23(37-17-16-33(3)4)18-26(20)30(34)31-21(2)27-19-29(32-28-9-7-6-8-25(27)28)22-11-14-24(15-12-22)38(5,35)36/h6-15,18-19,21H,16-17H2,1-5H3,(H,31,34)/t21-/m1/s1. The summed E-state index contributed by atoms with van der Waals surface area (Å²) in [4.78, 5) is 20.5. The second-order valence-electron chi connectivity index (χ2n) is 9.73. The summed E-state index contributed by atoms with van der Waals surface area (Å²) in [6, 6.07) is 21.7. The molecule has 1 amide bonds. The molecule has 0 saturated heterocycles. The van der Waals surface area contributed by atoms with Gasteiger partial charge >= 0.3 is 0 Å². The van der Waals surface area contributed by atoms with Gasteiger partial charge in [-0.15, -0.1) is 0 Å². The highest BCUT2D eigenvalue weighted by atomic mass is 32.2. The molecule has 1 aromatic heterocycles. The van der Waals surface area contributed by atoms with Gasteiger partial charge in [0.2, 0.25) is 0 Å². The molecule has 0 spiro atoms. The molecule has 0 fully saturated rings. The minimum atomic E-state index is -3.29. The molecule has 1 atom stereocenters. The van der Waals surface area contributed by atoms with E-state index < -0.39 is 9.84 Å². The molecule has 7 nitrogen and oxygen atoms in total. The highest BCUT2D eigenvalue weighted by molar-refractivity contribution is 7.90. The number of aromatic nitrogens is 1. The van der Waals surface area contributed by atoms with Gasteiger partial charge in [-0.2, -0.15) is 0 Å². The van der Waals surface area contributed by atoms with Crippen molar-refractivity contribution in [2.75, 3.05) is 33.5 Å². The molecule has 0 saturated carbocycles. The lowest BCUT2D eigenvalue weighted by Gasteiger charge is -2.19. The molecule has 4 rings (SSSR count). The van der Waals surface area contributed by atoms with Crippen LogP contribution in [0.1, 0.15) is 34.5 Å². The van der Waals surface area contributed by atoms with Gasteiger partial charge in [-0.05, 0) is 75.5 Å². The number of para-hydroxylation sites is 1. The lowest BCUT2D eigenvalue weighted by atomic mass is 9.99. The zero-order valence-electron chi connectivity index (χ0n) is 22.4. The Hall–Kier alpha value is -3.75. The maximum absolute atomic E-state index is 13.4. The molecule has 38 heavy (non-hydrogen) atoms. The number of sulfone groups is 1. The normalized spacial score (nSPS) is 12.5. The van der Waals surface area contributed by atoms with E-state index in [1.165, 1.54) is 6.26 Å². The molecule has 0 radical (unpaired) electrons. The number of hydrogen-bond donors (Lipinski definition) is 1. The predicted octanol–water partition coefficient (Wildman–Crippen LogP) is 5.05. The molecule has 3 aromatic carbocycles. The lowest BCUT2D eigenvalue weighted by molar-refractivity contribution is 0.0939. The Bertz CT molecular complexity index is 1560. The second-order valence-corrected chi connectivity index (χ2v) is 11.7. The number of nitrogens with one attached hydrogen (secondary N) is 1. The molecule has 0 aliphatic heterocycles. The van der Waals surface area contributed by atoms with Crippen LogP contribution in [0, 0.1) is 6.92 Å². The van der Waals surface area contributed by atoms with Crippen molar-refractivity contribution >= 4 is 26.6 Å². The van der Waals surface area contributed by atoms with Crippen LogP contribution in [0.5, 0.6) is 5.75 Å². The minimum absolute atomic E-state index is 0.187. The van der Waals surface area contributed by atoms with E-state index in [-0.39, 0.29) is 16.8 Å². The van der Waals surface area contributed by atoms with Crippen molar-refractivity contribution in [2.24, 2.45) is 0 Å². The van der Waals surface area contributed by atoms with E-state index in [2.05, 4.69) is 5.32 Å². The maximum atomic E-state index is 13.4. The summed E-state index contributed by atoms with van der Waals surface area (Å²) in [5, 5.41) is 4.08. The summed E-state index contributed by atoms with van der Waals surface area (Å²) in [7, 11) is 0.675. The summed E-state index contributed by atoms with van der Waals surface area (Å²) >= 11 is 0. The fraction of sp³-hybridized carbons (Fsp3) is 0.267. The Morgan fingerprint density at radius 3 is 2.42 bits per heavy atom. The van der Waals surface area contributed by atoms with Crippen molar-refractivity contribution in [3.05, 3.63) is 89.5 Å². The van der Waals surface area contributed by atoms with Crippen molar-refractivity contribution < 1.29 is 17.9 Å². The lowest BCUT2D eigenvalue weighted by Crippen LogP contribution is -2.27. The number of benzene rings is 3. The van der Waals surface area contributed by atoms with Gasteiger partial charge < -0.3 is 15.0 Å². The Balaban J connectivity index is 1.63. The van der Waals surface area contributed by atoms with Crippen LogP contribution in [-0.2, 0) is 9.84 Å². The number of carbonyl (C=O) groups is 1. The van der Waals surface area contributed by atoms with Crippen LogP contribution in [0.2, 0.25) is 0 Å². The third-order valence-electron chi connectivity index (χ3n) is 6.40. The van der Waals surface area contributed by atoms with Crippen molar-refractivity contribution in [2.45, 2.75) is 24.8 Å². The number of likely N-dealkylation sites (N-methyl/N-ethyl adjacent to an activating group) is 1. The highest BCUT2D eigenvalue weighted by Gasteiger charge is 2.18. The Labute approximate surface area is 224 Å². The largest absolute Gasteiger partial charge is 0.492 e. The monoisotopic (exact) mass is 531 g/mol. The molecule has 1 heterocycles. The van der Waals surface area contributed by atoms with Crippen molar-refractivity contribution in [3.63, 3.8) is 0 Å². The molecule has 4 aromatic rings. The average molecular weight is 532 g/mol. The summed E-state index contributed by atoms with van der Waals surface area (Å²) in [6.07, 6.45) is 1.19. The van der Waals surface area contributed by atoms with Crippen LogP contribution < -0.4 is 10.1 Å². The van der Waals surface area contributed by atoms with E-state index in [0.29, 0.717) is 23.6 Å². The van der Waals surface area contributed by atoms with E-state index in [1.807, 2.05) is 75.3 Å². The smallest absolute Gasteiger partial charge is 0.252 e. The number of nitrogens with zero attached hydrogens (tertiary/aromatic N) is 2. The molecular weight excluding hydrogens is 498 g/mol. The summed E-state index contributed by atoms with van der Waals surface area (Å²) in [6.45, 7) is 5.16. The number of aryl methyl sites for hydroxylation is 1. The minimum Gasteiger partial charge on any atom is -0.492 e. The summed E-state index contributed by atoms with van der Waals surface area (Å²) < 4.78 is 29.6. The second kappa shape index (κ2) is 11.3. The molecule has 0 unspecified atom stereocenters. The topological polar surface area (TPSA) is 88.6 Å². The molecular formula is C30H33N3O4S. The van der Waals surface area contributed by atoms with Gasteiger partial charge in [-0.25, -0.2) is 13.4 Å². The molecule has 8 heteroatoms. The van der Waals surface area contributed by atoms with Crippen molar-refractivity contribution in [3.8, 4) is 17.0 Å². The third-order valence-corrected chi connectivity index (χ3v) is 7.53. The molecule has 0 aliphatic carbocycles. The number of rotatable bonds is 9. The van der Waals surface area contributed by atoms with E-state index in [0.717, 1.165) is 34.1 Å². The van der Waals surface area contributed by atoms with Crippen LogP contribution in [-0.4, -0.2) is 57.7 Å². The van der Waals surface area contributed by atoms with E-state index in [1.54, 1.807) is 30.3 Å². The summed E-state index contributed by atoms with van der Waals surface area (Å²) in [5.74, 6) is 0.470. The van der Waals surface area contributed by atoms with E-state index >= 15 is 0 Å². The number of pyridine rings is 1. The first-order valence-electron chi connectivity index (χ1n) is 12.4. The number of fused-ring (bicyclic) bond motifs is 1. The van der Waals surface area contributed by atoms with Gasteiger partial charge in [0.1, 0.15) is 12.4 Å². The van der Waals surface area contributed by atoms with Crippen LogP contribution in [0.15, 0.2) is 77.7 Å². The highest BCUT2D eigenvalue weighted by Crippen LogP contribution is 2.30. The van der Waals surface area contributed by atoms with Gasteiger partial charge in [0, 0.05) is 29.3 Å². The number of amides is 1. The van der Waals surface area contributed by atoms with E-state index in [4.69, 9.17) is 9.72 Å². The van der Waals surface area contributed by atoms with Gasteiger partial charge in [0.05, 0.1) is 22.1 Å². The quantitative estimate of drug-likeness (QED) is 0.325. The van der Waals surface area contributed by atoms with Crippen LogP contribution in [0.4, 0.5) is 0 Å². The molecule has 198 valence electrons. The first kappa shape index (κ1) is 27.3. The third kappa shape index (κ3) is 6.38. The van der Waals surface area contributed by atoms with Gasteiger partial charge in [0.15, 0.2) is 9.84 Å². The maximum Gasteiger partial charge on any atom is 0.252 e. The summed E-state index contributed by atoms with van der Waals surface area (Å²) in [5.41, 5.74) is 4.63. The molecule has 1 N–H and O–H groups in total. The number of carbonyl (C=O) groups excluding carboxylic acids is 1. The fourth-order valence-electron chi connectivity index (χ4n) is 4.22. The fourth-order valence-corrected chi connectivity index (χ4v) is 4.85. The zero-order chi connectivity index (χ0) is 27.4. The SMILES string of the molecule is Cc1ccc(OCCN(C)C)cc1C(=O)N[C@H](C)c1cc(-c2ccc(S(C)(=O)=O)cc2)nc2ccccc12. The van der Waals surface area contributed by atoms with Crippen LogP contribution in [0.25, 0.3) is 22.2 Å².